The molecule has 0 saturated carbocycles. The summed E-state index contributed by atoms with van der Waals surface area (Å²) in [4.78, 5) is 30.7. The van der Waals surface area contributed by atoms with Crippen LogP contribution >= 0.6 is 0 Å². The summed E-state index contributed by atoms with van der Waals surface area (Å²) >= 11 is 0. The number of nitrogens with zero attached hydrogens (tertiary/aromatic N) is 3. The maximum Gasteiger partial charge on any atom is 0.343 e. The van der Waals surface area contributed by atoms with Gasteiger partial charge in [0.2, 0.25) is 0 Å². The second kappa shape index (κ2) is 10.1. The number of hydrogen-bond acceptors (Lipinski definition) is 6. The van der Waals surface area contributed by atoms with Crippen molar-refractivity contribution in [3.8, 4) is 22.9 Å². The third-order valence-corrected chi connectivity index (χ3v) is 5.55. The van der Waals surface area contributed by atoms with Gasteiger partial charge in [0.05, 0.1) is 29.8 Å². The summed E-state index contributed by atoms with van der Waals surface area (Å²) in [6.45, 7) is 0. The minimum Gasteiger partial charge on any atom is -0.497 e. The standard InChI is InChI=1S/C29H21N3O4/c1-35-23-17-15-20(16-18-23)27-31-25-13-7-6-12-24(25)28(33)32(27)30-19-22-11-5-8-14-26(22)36-29(34)21-9-3-2-4-10-21/h2-19H,1H3. The third kappa shape index (κ3) is 4.63. The highest BCUT2D eigenvalue weighted by Gasteiger charge is 2.14. The molecule has 5 aromatic rings. The molecule has 0 amide bonds. The van der Waals surface area contributed by atoms with Gasteiger partial charge in [-0.05, 0) is 60.7 Å². The van der Waals surface area contributed by atoms with E-state index < -0.39 is 5.97 Å². The number of para-hydroxylation sites is 2. The largest absolute Gasteiger partial charge is 0.497 e. The van der Waals surface area contributed by atoms with Crippen LogP contribution in [0.2, 0.25) is 0 Å². The van der Waals surface area contributed by atoms with Crippen LogP contribution in [0.5, 0.6) is 11.5 Å². The Labute approximate surface area is 206 Å². The monoisotopic (exact) mass is 475 g/mol. The van der Waals surface area contributed by atoms with E-state index in [1.165, 1.54) is 10.9 Å². The number of esters is 1. The molecule has 0 N–H and O–H groups in total. The van der Waals surface area contributed by atoms with Gasteiger partial charge >= 0.3 is 5.97 Å². The van der Waals surface area contributed by atoms with Crippen LogP contribution in [-0.4, -0.2) is 29.0 Å². The highest BCUT2D eigenvalue weighted by molar-refractivity contribution is 5.93. The molecule has 0 atom stereocenters. The molecule has 1 aromatic heterocycles. The highest BCUT2D eigenvalue weighted by atomic mass is 16.5. The van der Waals surface area contributed by atoms with E-state index in [9.17, 15) is 9.59 Å². The quantitative estimate of drug-likeness (QED) is 0.192. The first-order valence-electron chi connectivity index (χ1n) is 11.2. The van der Waals surface area contributed by atoms with Crippen molar-refractivity contribution in [1.29, 1.82) is 0 Å². The Morgan fingerprint density at radius 1 is 0.861 bits per heavy atom. The number of benzene rings is 4. The molecule has 4 aromatic carbocycles. The number of methoxy groups -OCH3 is 1. The Morgan fingerprint density at radius 3 is 2.33 bits per heavy atom. The van der Waals surface area contributed by atoms with Gasteiger partial charge in [0.15, 0.2) is 5.82 Å². The van der Waals surface area contributed by atoms with E-state index in [2.05, 4.69) is 5.10 Å². The van der Waals surface area contributed by atoms with Gasteiger partial charge in [-0.2, -0.15) is 9.78 Å². The maximum absolute atomic E-state index is 13.4. The Balaban J connectivity index is 1.57. The van der Waals surface area contributed by atoms with E-state index in [1.54, 1.807) is 86.0 Å². The van der Waals surface area contributed by atoms with E-state index >= 15 is 0 Å². The number of fused-ring (bicyclic) bond motifs is 1. The van der Waals surface area contributed by atoms with Gasteiger partial charge in [-0.3, -0.25) is 4.79 Å². The smallest absolute Gasteiger partial charge is 0.343 e. The molecule has 0 radical (unpaired) electrons. The number of rotatable bonds is 6. The van der Waals surface area contributed by atoms with Crippen LogP contribution in [0.4, 0.5) is 0 Å². The van der Waals surface area contributed by atoms with Crippen LogP contribution < -0.4 is 15.0 Å². The zero-order valence-electron chi connectivity index (χ0n) is 19.4. The highest BCUT2D eigenvalue weighted by Crippen LogP contribution is 2.23. The number of aromatic nitrogens is 2. The molecule has 0 aliphatic carbocycles. The molecule has 7 heteroatoms. The minimum atomic E-state index is -0.486. The van der Waals surface area contributed by atoms with Crippen LogP contribution in [0.1, 0.15) is 15.9 Å². The summed E-state index contributed by atoms with van der Waals surface area (Å²) in [6.07, 6.45) is 1.48. The lowest BCUT2D eigenvalue weighted by Gasteiger charge is -2.11. The average Bonchev–Trinajstić information content (AvgIpc) is 2.94. The summed E-state index contributed by atoms with van der Waals surface area (Å²) in [5.74, 6) is 0.894. The van der Waals surface area contributed by atoms with E-state index in [4.69, 9.17) is 14.5 Å². The van der Waals surface area contributed by atoms with Crippen molar-refractivity contribution in [2.24, 2.45) is 5.10 Å². The first-order valence-corrected chi connectivity index (χ1v) is 11.2. The van der Waals surface area contributed by atoms with Crippen molar-refractivity contribution in [3.05, 3.63) is 125 Å². The fourth-order valence-electron chi connectivity index (χ4n) is 3.69. The van der Waals surface area contributed by atoms with Crippen LogP contribution in [0.3, 0.4) is 0 Å². The van der Waals surface area contributed by atoms with Crippen molar-refractivity contribution in [3.63, 3.8) is 0 Å². The van der Waals surface area contributed by atoms with Crippen molar-refractivity contribution >= 4 is 23.1 Å². The Kier molecular flexibility index (Phi) is 6.36. The molecule has 36 heavy (non-hydrogen) atoms. The average molecular weight is 476 g/mol. The lowest BCUT2D eigenvalue weighted by atomic mass is 10.2. The van der Waals surface area contributed by atoms with Crippen molar-refractivity contribution in [1.82, 2.24) is 9.66 Å². The zero-order valence-corrected chi connectivity index (χ0v) is 19.4. The van der Waals surface area contributed by atoms with Gasteiger partial charge in [-0.15, -0.1) is 0 Å². The summed E-state index contributed by atoms with van der Waals surface area (Å²) in [5, 5.41) is 4.92. The van der Waals surface area contributed by atoms with E-state index in [0.29, 0.717) is 44.9 Å². The topological polar surface area (TPSA) is 82.8 Å². The van der Waals surface area contributed by atoms with Gasteiger partial charge in [-0.25, -0.2) is 9.78 Å². The summed E-state index contributed by atoms with van der Waals surface area (Å²) in [6, 6.07) is 30.0. The number of carbonyl (C=O) groups excluding carboxylic acids is 1. The molecule has 0 saturated heterocycles. The fraction of sp³-hybridized carbons (Fsp3) is 0.0345. The molecule has 0 unspecified atom stereocenters. The molecule has 0 spiro atoms. The molecule has 176 valence electrons. The maximum atomic E-state index is 13.4. The molecule has 0 bridgehead atoms. The molecule has 0 aliphatic heterocycles. The predicted octanol–water partition coefficient (Wildman–Crippen LogP) is 5.17. The van der Waals surface area contributed by atoms with Gasteiger partial charge < -0.3 is 9.47 Å². The lowest BCUT2D eigenvalue weighted by Crippen LogP contribution is -2.20. The van der Waals surface area contributed by atoms with Crippen molar-refractivity contribution < 1.29 is 14.3 Å². The van der Waals surface area contributed by atoms with Gasteiger partial charge in [0, 0.05) is 11.1 Å². The minimum absolute atomic E-state index is 0.318. The van der Waals surface area contributed by atoms with Crippen molar-refractivity contribution in [2.75, 3.05) is 7.11 Å². The molecule has 5 rings (SSSR count). The SMILES string of the molecule is COc1ccc(-c2nc3ccccc3c(=O)n2N=Cc2ccccc2OC(=O)c2ccccc2)cc1. The van der Waals surface area contributed by atoms with E-state index in [-0.39, 0.29) is 5.56 Å². The first kappa shape index (κ1) is 22.7. The molecular formula is C29H21N3O4. The van der Waals surface area contributed by atoms with E-state index in [1.807, 2.05) is 24.3 Å². The van der Waals surface area contributed by atoms with Gasteiger partial charge in [-0.1, -0.05) is 42.5 Å². The first-order chi connectivity index (χ1) is 17.6. The number of hydrogen-bond donors (Lipinski definition) is 0. The fourth-order valence-corrected chi connectivity index (χ4v) is 3.69. The Morgan fingerprint density at radius 2 is 1.56 bits per heavy atom. The molecule has 1 heterocycles. The zero-order chi connectivity index (χ0) is 24.9. The van der Waals surface area contributed by atoms with Crippen LogP contribution in [0.15, 0.2) is 113 Å². The summed E-state index contributed by atoms with van der Waals surface area (Å²) < 4.78 is 12.1. The Hall–Kier alpha value is -5.04. The van der Waals surface area contributed by atoms with Crippen LogP contribution in [0.25, 0.3) is 22.3 Å². The predicted molar refractivity (Wildman–Crippen MR) is 139 cm³/mol. The van der Waals surface area contributed by atoms with Gasteiger partial charge in [0.25, 0.3) is 5.56 Å². The second-order valence-electron chi connectivity index (χ2n) is 7.84. The molecule has 7 nitrogen and oxygen atoms in total. The summed E-state index contributed by atoms with van der Waals surface area (Å²) in [5.41, 5.74) is 1.90. The number of carbonyl (C=O) groups is 1. The lowest BCUT2D eigenvalue weighted by molar-refractivity contribution is 0.0734. The second-order valence-corrected chi connectivity index (χ2v) is 7.84. The van der Waals surface area contributed by atoms with Crippen molar-refractivity contribution in [2.45, 2.75) is 0 Å². The third-order valence-electron chi connectivity index (χ3n) is 5.55. The van der Waals surface area contributed by atoms with Crippen LogP contribution in [-0.2, 0) is 0 Å². The molecule has 0 aliphatic rings. The van der Waals surface area contributed by atoms with E-state index in [0.717, 1.165) is 0 Å². The molecule has 0 fully saturated rings. The summed E-state index contributed by atoms with van der Waals surface area (Å²) in [7, 11) is 1.59. The molecular weight excluding hydrogens is 454 g/mol. The van der Waals surface area contributed by atoms with Crippen LogP contribution in [0, 0.1) is 0 Å². The number of ether oxygens (including phenoxy) is 2. The normalized spacial score (nSPS) is 11.0. The Bertz CT molecular complexity index is 1620. The van der Waals surface area contributed by atoms with Gasteiger partial charge in [0.1, 0.15) is 11.5 Å².